The fourth-order valence-corrected chi connectivity index (χ4v) is 3.98. The molecule has 7 nitrogen and oxygen atoms in total. The minimum Gasteiger partial charge on any atom is -0.507 e. The van der Waals surface area contributed by atoms with Gasteiger partial charge in [0.1, 0.15) is 11.3 Å². The molecule has 1 aliphatic heterocycles. The summed E-state index contributed by atoms with van der Waals surface area (Å²) in [5.74, 6) is -1.35. The Bertz CT molecular complexity index is 1120. The predicted octanol–water partition coefficient (Wildman–Crippen LogP) is 3.82. The Morgan fingerprint density at radius 2 is 1.65 bits per heavy atom. The van der Waals surface area contributed by atoms with Gasteiger partial charge in [-0.1, -0.05) is 42.0 Å². The Kier molecular flexibility index (Phi) is 7.44. The third kappa shape index (κ3) is 6.14. The van der Waals surface area contributed by atoms with E-state index in [0.717, 1.165) is 44.0 Å². The first-order valence-corrected chi connectivity index (χ1v) is 11.4. The fourth-order valence-electron chi connectivity index (χ4n) is 3.98. The smallest absolute Gasteiger partial charge is 0.342 e. The Morgan fingerprint density at radius 1 is 0.941 bits per heavy atom. The van der Waals surface area contributed by atoms with Gasteiger partial charge in [0.05, 0.1) is 0 Å². The molecule has 7 heteroatoms. The topological polar surface area (TPSA) is 82.1 Å². The van der Waals surface area contributed by atoms with Crippen LogP contribution in [0.4, 0.5) is 11.4 Å². The zero-order chi connectivity index (χ0) is 23.9. The standard InChI is InChI=1S/C27H29N3O4/c1-20-7-12-25(31)24(17-20)27(33)34-19-26(32)28-22-8-10-23(11-9-22)30-15-13-29(14-16-30)18-21-5-3-2-4-6-21/h2-12,17,31H,13-16,18-19H2,1H3,(H,28,32). The number of aromatic hydroxyl groups is 1. The van der Waals surface area contributed by atoms with E-state index in [1.54, 1.807) is 13.0 Å². The van der Waals surface area contributed by atoms with Gasteiger partial charge in [-0.3, -0.25) is 9.69 Å². The quantitative estimate of drug-likeness (QED) is 0.523. The summed E-state index contributed by atoms with van der Waals surface area (Å²) in [4.78, 5) is 29.1. The monoisotopic (exact) mass is 459 g/mol. The minimum atomic E-state index is -0.738. The predicted molar refractivity (Wildman–Crippen MR) is 132 cm³/mol. The lowest BCUT2D eigenvalue weighted by molar-refractivity contribution is -0.119. The summed E-state index contributed by atoms with van der Waals surface area (Å²) in [7, 11) is 0. The molecule has 1 heterocycles. The maximum absolute atomic E-state index is 12.2. The number of phenolic OH excluding ortho intramolecular Hbond substituents is 1. The zero-order valence-electron chi connectivity index (χ0n) is 19.2. The number of hydrogen-bond acceptors (Lipinski definition) is 6. The van der Waals surface area contributed by atoms with Crippen molar-refractivity contribution in [3.05, 3.63) is 89.5 Å². The van der Waals surface area contributed by atoms with Gasteiger partial charge in [-0.15, -0.1) is 0 Å². The lowest BCUT2D eigenvalue weighted by Crippen LogP contribution is -2.45. The van der Waals surface area contributed by atoms with Crippen molar-refractivity contribution < 1.29 is 19.4 Å². The molecule has 0 bridgehead atoms. The summed E-state index contributed by atoms with van der Waals surface area (Å²) in [6.07, 6.45) is 0. The summed E-state index contributed by atoms with van der Waals surface area (Å²) in [5, 5.41) is 12.5. The fraction of sp³-hybridized carbons (Fsp3) is 0.259. The Balaban J connectivity index is 1.23. The average Bonchev–Trinajstić information content (AvgIpc) is 2.86. The minimum absolute atomic E-state index is 0.0426. The average molecular weight is 460 g/mol. The molecule has 34 heavy (non-hydrogen) atoms. The number of carbonyl (C=O) groups excluding carboxylic acids is 2. The van der Waals surface area contributed by atoms with Crippen molar-refractivity contribution in [3.8, 4) is 5.75 Å². The number of esters is 1. The maximum atomic E-state index is 12.2. The molecule has 0 aromatic heterocycles. The van der Waals surface area contributed by atoms with Crippen LogP contribution in [0.1, 0.15) is 21.5 Å². The second-order valence-electron chi connectivity index (χ2n) is 8.44. The Hall–Kier alpha value is -3.84. The van der Waals surface area contributed by atoms with E-state index in [-0.39, 0.29) is 11.3 Å². The molecule has 0 unspecified atom stereocenters. The number of benzene rings is 3. The van der Waals surface area contributed by atoms with Gasteiger partial charge in [-0.2, -0.15) is 0 Å². The number of amides is 1. The number of anilines is 2. The van der Waals surface area contributed by atoms with Crippen molar-refractivity contribution >= 4 is 23.3 Å². The third-order valence-corrected chi connectivity index (χ3v) is 5.84. The van der Waals surface area contributed by atoms with E-state index in [9.17, 15) is 14.7 Å². The molecule has 0 spiro atoms. The van der Waals surface area contributed by atoms with Crippen molar-refractivity contribution in [3.63, 3.8) is 0 Å². The van der Waals surface area contributed by atoms with Gasteiger partial charge in [0, 0.05) is 44.1 Å². The van der Waals surface area contributed by atoms with E-state index in [2.05, 4.69) is 39.4 Å². The number of hydrogen-bond donors (Lipinski definition) is 2. The van der Waals surface area contributed by atoms with Gasteiger partial charge in [0.25, 0.3) is 5.91 Å². The molecule has 2 N–H and O–H groups in total. The molecule has 3 aromatic rings. The van der Waals surface area contributed by atoms with Gasteiger partial charge < -0.3 is 20.1 Å². The number of nitrogens with one attached hydrogen (secondary N) is 1. The van der Waals surface area contributed by atoms with E-state index in [4.69, 9.17) is 4.74 Å². The van der Waals surface area contributed by atoms with Crippen molar-refractivity contribution in [1.82, 2.24) is 4.90 Å². The summed E-state index contributed by atoms with van der Waals surface area (Å²) >= 11 is 0. The lowest BCUT2D eigenvalue weighted by Gasteiger charge is -2.36. The molecule has 1 saturated heterocycles. The van der Waals surface area contributed by atoms with Crippen molar-refractivity contribution in [1.29, 1.82) is 0 Å². The van der Waals surface area contributed by atoms with E-state index in [0.29, 0.717) is 5.69 Å². The van der Waals surface area contributed by atoms with Crippen LogP contribution in [0.3, 0.4) is 0 Å². The second-order valence-corrected chi connectivity index (χ2v) is 8.44. The highest BCUT2D eigenvalue weighted by Gasteiger charge is 2.18. The van der Waals surface area contributed by atoms with E-state index >= 15 is 0 Å². The number of rotatable bonds is 7. The number of nitrogens with zero attached hydrogens (tertiary/aromatic N) is 2. The summed E-state index contributed by atoms with van der Waals surface area (Å²) < 4.78 is 5.05. The van der Waals surface area contributed by atoms with Crippen LogP contribution < -0.4 is 10.2 Å². The van der Waals surface area contributed by atoms with Gasteiger partial charge in [-0.25, -0.2) is 4.79 Å². The number of piperazine rings is 1. The number of phenols is 1. The van der Waals surface area contributed by atoms with Crippen molar-refractivity contribution in [2.24, 2.45) is 0 Å². The summed E-state index contributed by atoms with van der Waals surface area (Å²) in [6.45, 7) is 6.22. The normalized spacial score (nSPS) is 14.0. The van der Waals surface area contributed by atoms with Crippen LogP contribution in [0.2, 0.25) is 0 Å². The van der Waals surface area contributed by atoms with Crippen LogP contribution in [0.15, 0.2) is 72.8 Å². The van der Waals surface area contributed by atoms with Crippen LogP contribution in [-0.2, 0) is 16.1 Å². The van der Waals surface area contributed by atoms with Gasteiger partial charge in [0.15, 0.2) is 6.61 Å². The molecule has 4 rings (SSSR count). The van der Waals surface area contributed by atoms with Crippen LogP contribution in [-0.4, -0.2) is 54.7 Å². The molecule has 0 aliphatic carbocycles. The first kappa shape index (κ1) is 23.3. The molecule has 3 aromatic carbocycles. The van der Waals surface area contributed by atoms with Crippen molar-refractivity contribution in [2.45, 2.75) is 13.5 Å². The number of ether oxygens (including phenoxy) is 1. The molecular weight excluding hydrogens is 430 g/mol. The van der Waals surface area contributed by atoms with Gasteiger partial charge in [-0.05, 0) is 48.9 Å². The molecule has 176 valence electrons. The second kappa shape index (κ2) is 10.9. The number of carbonyl (C=O) groups is 2. The van der Waals surface area contributed by atoms with E-state index in [1.165, 1.54) is 17.7 Å². The van der Waals surface area contributed by atoms with Crippen molar-refractivity contribution in [2.75, 3.05) is 43.0 Å². The Morgan fingerprint density at radius 3 is 2.35 bits per heavy atom. The van der Waals surface area contributed by atoms with Crippen LogP contribution in [0.5, 0.6) is 5.75 Å². The molecule has 0 radical (unpaired) electrons. The largest absolute Gasteiger partial charge is 0.507 e. The van der Waals surface area contributed by atoms with Crippen LogP contribution >= 0.6 is 0 Å². The molecular formula is C27H29N3O4. The van der Waals surface area contributed by atoms with Crippen LogP contribution in [0.25, 0.3) is 0 Å². The first-order chi connectivity index (χ1) is 16.5. The summed E-state index contributed by atoms with van der Waals surface area (Å²) in [6, 6.07) is 22.8. The molecule has 0 atom stereocenters. The molecule has 0 saturated carbocycles. The maximum Gasteiger partial charge on any atom is 0.342 e. The van der Waals surface area contributed by atoms with Gasteiger partial charge >= 0.3 is 5.97 Å². The SMILES string of the molecule is Cc1ccc(O)c(C(=O)OCC(=O)Nc2ccc(N3CCN(Cc4ccccc4)CC3)cc2)c1. The summed E-state index contributed by atoms with van der Waals surface area (Å²) in [5.41, 5.74) is 3.93. The Labute approximate surface area is 199 Å². The molecule has 1 fully saturated rings. The number of aryl methyl sites for hydroxylation is 1. The molecule has 1 aliphatic rings. The highest BCUT2D eigenvalue weighted by molar-refractivity contribution is 5.96. The third-order valence-electron chi connectivity index (χ3n) is 5.84. The van der Waals surface area contributed by atoms with Crippen LogP contribution in [0, 0.1) is 6.92 Å². The first-order valence-electron chi connectivity index (χ1n) is 11.4. The molecule has 1 amide bonds. The lowest BCUT2D eigenvalue weighted by atomic mass is 10.1. The van der Waals surface area contributed by atoms with E-state index < -0.39 is 18.5 Å². The van der Waals surface area contributed by atoms with E-state index in [1.807, 2.05) is 30.3 Å². The highest BCUT2D eigenvalue weighted by Crippen LogP contribution is 2.21. The highest BCUT2D eigenvalue weighted by atomic mass is 16.5. The van der Waals surface area contributed by atoms with Gasteiger partial charge in [0.2, 0.25) is 0 Å². The zero-order valence-corrected chi connectivity index (χ0v) is 19.2.